The highest BCUT2D eigenvalue weighted by Crippen LogP contribution is 2.22. The second-order valence-corrected chi connectivity index (χ2v) is 6.70. The van der Waals surface area contributed by atoms with Gasteiger partial charge in [-0.2, -0.15) is 5.10 Å². The normalized spacial score (nSPS) is 11.1. The fraction of sp³-hybridized carbons (Fsp3) is 0.263. The summed E-state index contributed by atoms with van der Waals surface area (Å²) in [5.74, 6) is 1.01. The minimum absolute atomic E-state index is 0.326. The third-order valence-corrected chi connectivity index (χ3v) is 4.10. The second-order valence-electron chi connectivity index (χ2n) is 5.89. The Labute approximate surface area is 157 Å². The third kappa shape index (κ3) is 6.07. The molecule has 2 rings (SSSR count). The van der Waals surface area contributed by atoms with Crippen molar-refractivity contribution >= 4 is 35.3 Å². The summed E-state index contributed by atoms with van der Waals surface area (Å²) in [6.07, 6.45) is 2.41. The zero-order chi connectivity index (χ0) is 18.2. The molecule has 1 amide bonds. The van der Waals surface area contributed by atoms with Crippen LogP contribution in [0.15, 0.2) is 47.6 Å². The van der Waals surface area contributed by atoms with Gasteiger partial charge < -0.3 is 4.74 Å². The zero-order valence-electron chi connectivity index (χ0n) is 14.1. The lowest BCUT2D eigenvalue weighted by Gasteiger charge is -2.08. The van der Waals surface area contributed by atoms with Gasteiger partial charge >= 0.3 is 0 Å². The molecule has 2 aromatic rings. The van der Waals surface area contributed by atoms with Gasteiger partial charge in [0.25, 0.3) is 5.91 Å². The Balaban J connectivity index is 1.91. The molecule has 0 atom stereocenters. The third-order valence-electron chi connectivity index (χ3n) is 3.44. The molecular weight excluding hydrogens is 359 g/mol. The van der Waals surface area contributed by atoms with Crippen LogP contribution in [-0.4, -0.2) is 18.7 Å². The monoisotopic (exact) mass is 378 g/mol. The fourth-order valence-electron chi connectivity index (χ4n) is 1.97. The van der Waals surface area contributed by atoms with Crippen LogP contribution in [-0.2, 0) is 0 Å². The first-order valence-corrected chi connectivity index (χ1v) is 8.73. The summed E-state index contributed by atoms with van der Waals surface area (Å²) in [5, 5.41) is 4.84. The second kappa shape index (κ2) is 9.44. The van der Waals surface area contributed by atoms with Gasteiger partial charge in [-0.1, -0.05) is 43.1 Å². The van der Waals surface area contributed by atoms with Crippen LogP contribution in [0.4, 0.5) is 0 Å². The van der Waals surface area contributed by atoms with E-state index in [1.807, 2.05) is 0 Å². The minimum atomic E-state index is -0.326. The van der Waals surface area contributed by atoms with Crippen molar-refractivity contribution in [1.82, 2.24) is 5.43 Å². The standard InChI is InChI=1S/C19H20Cl2N2O2/c1-13(2)10-11-25-15-8-6-14(7-9-15)19(24)23-22-12-16-17(20)4-3-5-18(16)21/h3-9,12-13H,10-11H2,1-2H3,(H,23,24). The number of nitrogens with zero attached hydrogens (tertiary/aromatic N) is 1. The van der Waals surface area contributed by atoms with Crippen LogP contribution in [0.1, 0.15) is 36.2 Å². The highest BCUT2D eigenvalue weighted by atomic mass is 35.5. The number of amides is 1. The molecule has 0 saturated heterocycles. The maximum Gasteiger partial charge on any atom is 0.271 e. The number of carbonyl (C=O) groups is 1. The molecule has 6 heteroatoms. The Bertz CT molecular complexity index is 723. The van der Waals surface area contributed by atoms with E-state index in [4.69, 9.17) is 27.9 Å². The first-order chi connectivity index (χ1) is 12.0. The summed E-state index contributed by atoms with van der Waals surface area (Å²) in [6.45, 7) is 4.95. The lowest BCUT2D eigenvalue weighted by atomic mass is 10.1. The SMILES string of the molecule is CC(C)CCOc1ccc(C(=O)NN=Cc2c(Cl)cccc2Cl)cc1. The maximum absolute atomic E-state index is 12.1. The Hall–Kier alpha value is -2.04. The Kier molecular flexibility index (Phi) is 7.29. The van der Waals surface area contributed by atoms with E-state index < -0.39 is 0 Å². The number of ether oxygens (including phenoxy) is 1. The first kappa shape index (κ1) is 19.3. The molecule has 0 heterocycles. The van der Waals surface area contributed by atoms with Crippen LogP contribution in [0.25, 0.3) is 0 Å². The van der Waals surface area contributed by atoms with Crippen molar-refractivity contribution in [2.24, 2.45) is 11.0 Å². The van der Waals surface area contributed by atoms with Crippen molar-refractivity contribution in [1.29, 1.82) is 0 Å². The number of nitrogens with one attached hydrogen (secondary N) is 1. The van der Waals surface area contributed by atoms with Gasteiger partial charge in [0, 0.05) is 11.1 Å². The van der Waals surface area contributed by atoms with E-state index in [9.17, 15) is 4.79 Å². The van der Waals surface area contributed by atoms with Gasteiger partial charge in [-0.3, -0.25) is 4.79 Å². The van der Waals surface area contributed by atoms with Gasteiger partial charge in [0.1, 0.15) is 5.75 Å². The van der Waals surface area contributed by atoms with Crippen molar-refractivity contribution in [3.8, 4) is 5.75 Å². The van der Waals surface area contributed by atoms with Gasteiger partial charge in [-0.05, 0) is 48.7 Å². The minimum Gasteiger partial charge on any atom is -0.494 e. The van der Waals surface area contributed by atoms with E-state index in [1.165, 1.54) is 6.21 Å². The van der Waals surface area contributed by atoms with Gasteiger partial charge in [-0.25, -0.2) is 5.43 Å². The molecule has 0 spiro atoms. The number of hydrogen-bond acceptors (Lipinski definition) is 3. The number of carbonyl (C=O) groups excluding carboxylic acids is 1. The largest absolute Gasteiger partial charge is 0.494 e. The fourth-order valence-corrected chi connectivity index (χ4v) is 2.46. The lowest BCUT2D eigenvalue weighted by Crippen LogP contribution is -2.17. The van der Waals surface area contributed by atoms with Crippen LogP contribution in [0.2, 0.25) is 10.0 Å². The molecule has 0 aromatic heterocycles. The number of halogens is 2. The molecule has 1 N–H and O–H groups in total. The summed E-state index contributed by atoms with van der Waals surface area (Å²) < 4.78 is 5.63. The molecule has 132 valence electrons. The molecule has 0 unspecified atom stereocenters. The molecule has 0 radical (unpaired) electrons. The van der Waals surface area contributed by atoms with Crippen molar-refractivity contribution in [2.45, 2.75) is 20.3 Å². The van der Waals surface area contributed by atoms with E-state index in [-0.39, 0.29) is 5.91 Å². The number of hydrazone groups is 1. The van der Waals surface area contributed by atoms with Crippen LogP contribution in [0.5, 0.6) is 5.75 Å². The molecule has 0 aliphatic carbocycles. The zero-order valence-corrected chi connectivity index (χ0v) is 15.6. The number of benzene rings is 2. The summed E-state index contributed by atoms with van der Waals surface area (Å²) in [6, 6.07) is 12.1. The Morgan fingerprint density at radius 3 is 2.40 bits per heavy atom. The van der Waals surface area contributed by atoms with Gasteiger partial charge in [0.15, 0.2) is 0 Å². The average molecular weight is 379 g/mol. The van der Waals surface area contributed by atoms with Gasteiger partial charge in [0.05, 0.1) is 22.9 Å². The highest BCUT2D eigenvalue weighted by molar-refractivity contribution is 6.38. The van der Waals surface area contributed by atoms with Gasteiger partial charge in [-0.15, -0.1) is 0 Å². The van der Waals surface area contributed by atoms with E-state index in [1.54, 1.807) is 42.5 Å². The van der Waals surface area contributed by atoms with E-state index in [0.717, 1.165) is 12.2 Å². The summed E-state index contributed by atoms with van der Waals surface area (Å²) in [7, 11) is 0. The molecule has 0 saturated carbocycles. The van der Waals surface area contributed by atoms with Crippen molar-refractivity contribution in [3.05, 3.63) is 63.6 Å². The summed E-state index contributed by atoms with van der Waals surface area (Å²) >= 11 is 12.1. The van der Waals surface area contributed by atoms with Crippen LogP contribution in [0, 0.1) is 5.92 Å². The highest BCUT2D eigenvalue weighted by Gasteiger charge is 2.06. The van der Waals surface area contributed by atoms with Crippen molar-refractivity contribution in [2.75, 3.05) is 6.61 Å². The van der Waals surface area contributed by atoms with E-state index in [0.29, 0.717) is 33.7 Å². The Morgan fingerprint density at radius 2 is 1.80 bits per heavy atom. The number of hydrogen-bond donors (Lipinski definition) is 1. The average Bonchev–Trinajstić information content (AvgIpc) is 2.57. The van der Waals surface area contributed by atoms with Crippen molar-refractivity contribution in [3.63, 3.8) is 0 Å². The van der Waals surface area contributed by atoms with Crippen LogP contribution >= 0.6 is 23.2 Å². The molecule has 0 bridgehead atoms. The van der Waals surface area contributed by atoms with Gasteiger partial charge in [0.2, 0.25) is 0 Å². The van der Waals surface area contributed by atoms with Crippen LogP contribution in [0.3, 0.4) is 0 Å². The summed E-state index contributed by atoms with van der Waals surface area (Å²) in [5.41, 5.74) is 3.49. The molecule has 25 heavy (non-hydrogen) atoms. The number of rotatable bonds is 7. The molecule has 4 nitrogen and oxygen atoms in total. The predicted octanol–water partition coefficient (Wildman–Crippen LogP) is 5.18. The van der Waals surface area contributed by atoms with Crippen LogP contribution < -0.4 is 10.2 Å². The summed E-state index contributed by atoms with van der Waals surface area (Å²) in [4.78, 5) is 12.1. The maximum atomic E-state index is 12.1. The molecule has 0 aliphatic heterocycles. The Morgan fingerprint density at radius 1 is 1.16 bits per heavy atom. The van der Waals surface area contributed by atoms with Crippen molar-refractivity contribution < 1.29 is 9.53 Å². The smallest absolute Gasteiger partial charge is 0.271 e. The van der Waals surface area contributed by atoms with E-state index in [2.05, 4.69) is 24.4 Å². The van der Waals surface area contributed by atoms with E-state index >= 15 is 0 Å². The molecular formula is C19H20Cl2N2O2. The quantitative estimate of drug-likeness (QED) is 0.532. The lowest BCUT2D eigenvalue weighted by molar-refractivity contribution is 0.0955. The predicted molar refractivity (Wildman–Crippen MR) is 103 cm³/mol. The first-order valence-electron chi connectivity index (χ1n) is 7.97. The molecule has 2 aromatic carbocycles. The molecule has 0 aliphatic rings. The molecule has 0 fully saturated rings. The topological polar surface area (TPSA) is 50.7 Å².